The molecule has 1 aliphatic heterocycles. The molecule has 14 nitrogen and oxygen atoms in total. The average Bonchev–Trinajstić information content (AvgIpc) is 3.25. The molecule has 0 spiro atoms. The van der Waals surface area contributed by atoms with Crippen LogP contribution in [0.5, 0.6) is 0 Å². The van der Waals surface area contributed by atoms with Gasteiger partial charge in [-0.1, -0.05) is 0 Å². The molecular formula is C16H26FN9O5S2. The van der Waals surface area contributed by atoms with Crippen molar-refractivity contribution in [2.24, 2.45) is 27.7 Å². The van der Waals surface area contributed by atoms with Crippen LogP contribution in [-0.2, 0) is 26.5 Å². The third kappa shape index (κ3) is 5.29. The van der Waals surface area contributed by atoms with Crippen LogP contribution >= 0.6 is 0 Å². The number of piperidine rings is 1. The minimum Gasteiger partial charge on any atom is -0.391 e. The quantitative estimate of drug-likeness (QED) is 0.212. The van der Waals surface area contributed by atoms with E-state index < -0.39 is 48.0 Å². The zero-order valence-corrected chi connectivity index (χ0v) is 19.1. The highest BCUT2D eigenvalue weighted by Gasteiger charge is 2.37. The molecule has 0 unspecified atom stereocenters. The Morgan fingerprint density at radius 1 is 1.24 bits per heavy atom. The lowest BCUT2D eigenvalue weighted by atomic mass is 9.92. The van der Waals surface area contributed by atoms with Crippen LogP contribution in [0.4, 0.5) is 10.1 Å². The monoisotopic (exact) mass is 507 g/mol. The van der Waals surface area contributed by atoms with Gasteiger partial charge in [-0.25, -0.2) is 31.5 Å². The van der Waals surface area contributed by atoms with E-state index in [1.165, 1.54) is 4.90 Å². The fourth-order valence-corrected chi connectivity index (χ4v) is 6.10. The third-order valence-corrected chi connectivity index (χ3v) is 7.54. The molecule has 0 amide bonds. The van der Waals surface area contributed by atoms with Crippen molar-refractivity contribution in [1.82, 2.24) is 20.6 Å². The Labute approximate surface area is 189 Å². The maximum atomic E-state index is 14.8. The Morgan fingerprint density at radius 2 is 1.94 bits per heavy atom. The molecule has 2 aromatic rings. The number of primary sulfonamides is 2. The minimum atomic E-state index is -4.72. The van der Waals surface area contributed by atoms with E-state index in [9.17, 15) is 26.3 Å². The van der Waals surface area contributed by atoms with Gasteiger partial charge in [-0.05, 0) is 29.8 Å². The number of hydrogen-bond donors (Lipinski definition) is 6. The molecule has 3 rings (SSSR count). The molecule has 0 bridgehead atoms. The molecule has 2 heterocycles. The molecule has 0 saturated carbocycles. The summed E-state index contributed by atoms with van der Waals surface area (Å²) in [5, 5.41) is 34.1. The van der Waals surface area contributed by atoms with Gasteiger partial charge in [0, 0.05) is 32.0 Å². The van der Waals surface area contributed by atoms with Gasteiger partial charge in [0.1, 0.15) is 16.0 Å². The molecule has 1 aromatic carbocycles. The van der Waals surface area contributed by atoms with E-state index in [4.69, 9.17) is 21.7 Å². The van der Waals surface area contributed by atoms with Gasteiger partial charge in [-0.2, -0.15) is 5.21 Å². The molecule has 17 heteroatoms. The molecule has 33 heavy (non-hydrogen) atoms. The number of anilines is 1. The highest BCUT2D eigenvalue weighted by molar-refractivity contribution is 7.92. The van der Waals surface area contributed by atoms with Crippen molar-refractivity contribution in [1.29, 1.82) is 0 Å². The van der Waals surface area contributed by atoms with Crippen LogP contribution < -0.4 is 26.6 Å². The molecule has 3 atom stereocenters. The zero-order valence-electron chi connectivity index (χ0n) is 17.4. The number of alkyl halides is 1. The number of nitrogens with one attached hydrogen (secondary N) is 1. The standard InChI is InChI=1S/C16H26FN9O5S2/c17-11-7-26(2-1-8(11)5-18)14-9(3-10(27)6-19)4-12(32(20,28)29)15(33(21,30)31)13(14)16-22-24-25-23-16/h4,8,10-11,27H,1-3,5-7,18-19H2,(H2,20,28,29)(H2,21,30,31)(H,22,23,24,25)/t8-,10+,11+/m0/s1. The first-order valence-electron chi connectivity index (χ1n) is 9.85. The van der Waals surface area contributed by atoms with Gasteiger partial charge >= 0.3 is 0 Å². The second kappa shape index (κ2) is 9.53. The van der Waals surface area contributed by atoms with Crippen LogP contribution in [0.3, 0.4) is 0 Å². The highest BCUT2D eigenvalue weighted by atomic mass is 32.2. The predicted molar refractivity (Wildman–Crippen MR) is 115 cm³/mol. The molecular weight excluding hydrogens is 481 g/mol. The first-order valence-corrected chi connectivity index (χ1v) is 12.9. The lowest BCUT2D eigenvalue weighted by Crippen LogP contribution is -2.45. The van der Waals surface area contributed by atoms with Crippen LogP contribution in [0.2, 0.25) is 0 Å². The van der Waals surface area contributed by atoms with Crippen molar-refractivity contribution in [2.45, 2.75) is 34.9 Å². The Bertz CT molecular complexity index is 1210. The molecule has 1 aliphatic rings. The van der Waals surface area contributed by atoms with Crippen LogP contribution in [0.25, 0.3) is 11.4 Å². The van der Waals surface area contributed by atoms with E-state index in [0.29, 0.717) is 6.42 Å². The number of sulfonamides is 2. The number of nitrogens with two attached hydrogens (primary N) is 4. The number of benzene rings is 1. The summed E-state index contributed by atoms with van der Waals surface area (Å²) in [5.74, 6) is -0.714. The van der Waals surface area contributed by atoms with Gasteiger partial charge in [0.05, 0.1) is 17.4 Å². The number of hydrogen-bond acceptors (Lipinski definition) is 11. The highest BCUT2D eigenvalue weighted by Crippen LogP contribution is 2.42. The zero-order chi connectivity index (χ0) is 24.6. The molecule has 1 aromatic heterocycles. The van der Waals surface area contributed by atoms with Crippen molar-refractivity contribution >= 4 is 25.7 Å². The molecule has 1 saturated heterocycles. The summed E-state index contributed by atoms with van der Waals surface area (Å²) in [6.45, 7) is 0.00665. The summed E-state index contributed by atoms with van der Waals surface area (Å²) in [6.07, 6.45) is -2.34. The summed E-state index contributed by atoms with van der Waals surface area (Å²) in [6, 6.07) is 0.995. The summed E-state index contributed by atoms with van der Waals surface area (Å²) in [5.41, 5.74) is 11.1. The van der Waals surface area contributed by atoms with Crippen LogP contribution in [-0.4, -0.2) is 81.0 Å². The topological polar surface area (TPSA) is 250 Å². The van der Waals surface area contributed by atoms with E-state index in [1.54, 1.807) is 0 Å². The van der Waals surface area contributed by atoms with Gasteiger partial charge in [-0.3, -0.25) is 0 Å². The van der Waals surface area contributed by atoms with E-state index in [0.717, 1.165) is 6.07 Å². The van der Waals surface area contributed by atoms with Crippen LogP contribution in [0.15, 0.2) is 15.9 Å². The first kappa shape index (κ1) is 25.3. The first-order chi connectivity index (χ1) is 15.4. The minimum absolute atomic E-state index is 0.0819. The van der Waals surface area contributed by atoms with Crippen molar-refractivity contribution in [3.63, 3.8) is 0 Å². The van der Waals surface area contributed by atoms with E-state index in [2.05, 4.69) is 20.6 Å². The number of aliphatic hydroxyl groups is 1. The number of aromatic nitrogens is 4. The lowest BCUT2D eigenvalue weighted by Gasteiger charge is -2.38. The number of rotatable bonds is 8. The Balaban J connectivity index is 2.42. The third-order valence-electron chi connectivity index (χ3n) is 5.48. The number of H-pyrrole nitrogens is 1. The van der Waals surface area contributed by atoms with Crippen LogP contribution in [0.1, 0.15) is 12.0 Å². The van der Waals surface area contributed by atoms with Gasteiger partial charge < -0.3 is 21.5 Å². The second-order valence-electron chi connectivity index (χ2n) is 7.75. The van der Waals surface area contributed by atoms with Crippen molar-refractivity contribution in [3.05, 3.63) is 11.6 Å². The Hall–Kier alpha value is -2.28. The molecule has 0 radical (unpaired) electrons. The maximum Gasteiger partial charge on any atom is 0.240 e. The van der Waals surface area contributed by atoms with Gasteiger partial charge in [0.15, 0.2) is 0 Å². The summed E-state index contributed by atoms with van der Waals surface area (Å²) >= 11 is 0. The molecule has 10 N–H and O–H groups in total. The number of nitrogens with zero attached hydrogens (tertiary/aromatic N) is 4. The normalized spacial score (nSPS) is 20.7. The van der Waals surface area contributed by atoms with Gasteiger partial charge in [-0.15, -0.1) is 10.2 Å². The lowest BCUT2D eigenvalue weighted by molar-refractivity contribution is 0.183. The van der Waals surface area contributed by atoms with Crippen LogP contribution in [0, 0.1) is 5.92 Å². The largest absolute Gasteiger partial charge is 0.391 e. The SMILES string of the molecule is NC[C@H](O)Cc1cc(S(N)(=O)=O)c(S(N)(=O)=O)c(-c2nn[nH]n2)c1N1CC[C@@H](CN)[C@H](F)C1. The smallest absolute Gasteiger partial charge is 0.240 e. The number of tetrazole rings is 1. The summed E-state index contributed by atoms with van der Waals surface area (Å²) in [4.78, 5) is -0.159. The van der Waals surface area contributed by atoms with E-state index in [1.807, 2.05) is 0 Å². The Kier molecular flexibility index (Phi) is 7.32. The molecule has 184 valence electrons. The van der Waals surface area contributed by atoms with Gasteiger partial charge in [0.25, 0.3) is 0 Å². The number of aliphatic hydroxyl groups excluding tert-OH is 1. The number of halogens is 1. The predicted octanol–water partition coefficient (Wildman–Crippen LogP) is -2.85. The molecule has 1 fully saturated rings. The summed E-state index contributed by atoms with van der Waals surface area (Å²) < 4.78 is 64.8. The Morgan fingerprint density at radius 3 is 2.42 bits per heavy atom. The van der Waals surface area contributed by atoms with E-state index >= 15 is 0 Å². The molecule has 0 aliphatic carbocycles. The van der Waals surface area contributed by atoms with Crippen molar-refractivity contribution in [3.8, 4) is 11.4 Å². The van der Waals surface area contributed by atoms with Gasteiger partial charge in [0.2, 0.25) is 25.9 Å². The second-order valence-corrected chi connectivity index (χ2v) is 10.8. The van der Waals surface area contributed by atoms with Crippen molar-refractivity contribution in [2.75, 3.05) is 31.1 Å². The van der Waals surface area contributed by atoms with Crippen molar-refractivity contribution < 1.29 is 26.3 Å². The average molecular weight is 508 g/mol. The fraction of sp³-hybridized carbons (Fsp3) is 0.562. The number of aromatic amines is 1. The van der Waals surface area contributed by atoms with E-state index in [-0.39, 0.29) is 55.2 Å². The summed E-state index contributed by atoms with van der Waals surface area (Å²) in [7, 11) is -9.36. The fourth-order valence-electron chi connectivity index (χ4n) is 3.93. The maximum absolute atomic E-state index is 14.8.